The minimum Gasteiger partial charge on any atom is -0.410 e. The van der Waals surface area contributed by atoms with Gasteiger partial charge in [-0.1, -0.05) is 36.9 Å². The van der Waals surface area contributed by atoms with Crippen molar-refractivity contribution in [2.45, 2.75) is 12.1 Å². The van der Waals surface area contributed by atoms with Gasteiger partial charge >= 0.3 is 0 Å². The Balaban J connectivity index is 1.34. The Morgan fingerprint density at radius 3 is 2.67 bits per heavy atom. The van der Waals surface area contributed by atoms with Gasteiger partial charge in [-0.05, 0) is 30.8 Å². The van der Waals surface area contributed by atoms with Crippen LogP contribution in [0.15, 0.2) is 58.3 Å². The van der Waals surface area contributed by atoms with Gasteiger partial charge in [0.15, 0.2) is 0 Å². The quantitative estimate of drug-likeness (QED) is 0.579. The lowest BCUT2D eigenvalue weighted by atomic mass is 10.2. The third-order valence-corrected chi connectivity index (χ3v) is 5.77. The highest BCUT2D eigenvalue weighted by atomic mass is 32.2. The first-order chi connectivity index (χ1) is 14.7. The summed E-state index contributed by atoms with van der Waals surface area (Å²) in [5.74, 6) is 0.411. The SMILES string of the molecule is CCN1CCN(c2ccccc2NC(=O)CSc2nnc(-c3ccccn3)o2)CC1. The van der Waals surface area contributed by atoms with E-state index in [4.69, 9.17) is 4.42 Å². The van der Waals surface area contributed by atoms with Gasteiger partial charge in [-0.2, -0.15) is 0 Å². The van der Waals surface area contributed by atoms with E-state index < -0.39 is 0 Å². The minimum absolute atomic E-state index is 0.114. The van der Waals surface area contributed by atoms with Crippen LogP contribution in [-0.2, 0) is 4.79 Å². The van der Waals surface area contributed by atoms with Gasteiger partial charge in [0.2, 0.25) is 5.91 Å². The lowest BCUT2D eigenvalue weighted by Crippen LogP contribution is -2.46. The van der Waals surface area contributed by atoms with Crippen molar-refractivity contribution in [3.8, 4) is 11.6 Å². The van der Waals surface area contributed by atoms with Gasteiger partial charge < -0.3 is 19.5 Å². The van der Waals surface area contributed by atoms with Gasteiger partial charge in [0.25, 0.3) is 11.1 Å². The van der Waals surface area contributed by atoms with Crippen LogP contribution in [0.1, 0.15) is 6.92 Å². The second-order valence-electron chi connectivity index (χ2n) is 6.86. The van der Waals surface area contributed by atoms with Crippen molar-refractivity contribution in [3.05, 3.63) is 48.7 Å². The molecule has 0 unspecified atom stereocenters. The molecule has 0 saturated carbocycles. The highest BCUT2D eigenvalue weighted by Gasteiger charge is 2.19. The zero-order valence-electron chi connectivity index (χ0n) is 16.8. The molecule has 1 fully saturated rings. The number of nitrogens with zero attached hydrogens (tertiary/aromatic N) is 5. The number of anilines is 2. The van der Waals surface area contributed by atoms with Crippen LogP contribution in [0.4, 0.5) is 11.4 Å². The van der Waals surface area contributed by atoms with Gasteiger partial charge in [-0.15, -0.1) is 10.2 Å². The molecule has 9 heteroatoms. The molecule has 8 nitrogen and oxygen atoms in total. The van der Waals surface area contributed by atoms with Gasteiger partial charge in [-0.25, -0.2) is 0 Å². The van der Waals surface area contributed by atoms with E-state index in [1.165, 1.54) is 11.8 Å². The first-order valence-corrected chi connectivity index (χ1v) is 11.0. The summed E-state index contributed by atoms with van der Waals surface area (Å²) in [6.45, 7) is 7.22. The van der Waals surface area contributed by atoms with Gasteiger partial charge in [0, 0.05) is 32.4 Å². The van der Waals surface area contributed by atoms with Gasteiger partial charge in [0.1, 0.15) is 5.69 Å². The van der Waals surface area contributed by atoms with Crippen molar-refractivity contribution >= 4 is 29.0 Å². The average molecular weight is 425 g/mol. The fourth-order valence-electron chi connectivity index (χ4n) is 3.33. The zero-order chi connectivity index (χ0) is 20.8. The molecule has 0 spiro atoms. The molecule has 1 aromatic carbocycles. The van der Waals surface area contributed by atoms with Crippen LogP contribution in [0.2, 0.25) is 0 Å². The lowest BCUT2D eigenvalue weighted by molar-refractivity contribution is -0.113. The normalized spacial score (nSPS) is 14.6. The number of aromatic nitrogens is 3. The molecular weight excluding hydrogens is 400 g/mol. The largest absolute Gasteiger partial charge is 0.410 e. The molecule has 1 aliphatic rings. The van der Waals surface area contributed by atoms with Crippen molar-refractivity contribution in [2.24, 2.45) is 0 Å². The summed E-state index contributed by atoms with van der Waals surface area (Å²) in [6, 6.07) is 13.4. The summed E-state index contributed by atoms with van der Waals surface area (Å²) >= 11 is 1.21. The predicted molar refractivity (Wildman–Crippen MR) is 118 cm³/mol. The number of amides is 1. The maximum atomic E-state index is 12.5. The molecule has 3 aromatic rings. The highest BCUT2D eigenvalue weighted by molar-refractivity contribution is 7.99. The molecule has 3 heterocycles. The van der Waals surface area contributed by atoms with E-state index in [-0.39, 0.29) is 11.7 Å². The van der Waals surface area contributed by atoms with E-state index >= 15 is 0 Å². The number of benzene rings is 1. The summed E-state index contributed by atoms with van der Waals surface area (Å²) in [5, 5.41) is 11.4. The molecule has 4 rings (SSSR count). The molecule has 0 bridgehead atoms. The number of para-hydroxylation sites is 2. The Bertz CT molecular complexity index is 972. The first-order valence-electron chi connectivity index (χ1n) is 9.97. The molecule has 1 N–H and O–H groups in total. The molecule has 1 aliphatic heterocycles. The molecule has 2 aromatic heterocycles. The van der Waals surface area contributed by atoms with Gasteiger partial charge in [0.05, 0.1) is 17.1 Å². The zero-order valence-corrected chi connectivity index (χ0v) is 17.6. The number of piperazine rings is 1. The summed E-state index contributed by atoms with van der Waals surface area (Å²) in [4.78, 5) is 21.5. The minimum atomic E-state index is -0.114. The maximum Gasteiger partial charge on any atom is 0.277 e. The smallest absolute Gasteiger partial charge is 0.277 e. The van der Waals surface area contributed by atoms with Crippen LogP contribution in [0.25, 0.3) is 11.6 Å². The first kappa shape index (κ1) is 20.4. The number of thioether (sulfide) groups is 1. The molecule has 0 radical (unpaired) electrons. The number of nitrogens with one attached hydrogen (secondary N) is 1. The van der Waals surface area contributed by atoms with Crippen molar-refractivity contribution < 1.29 is 9.21 Å². The predicted octanol–water partition coefficient (Wildman–Crippen LogP) is 3.00. The molecule has 1 saturated heterocycles. The van der Waals surface area contributed by atoms with Crippen LogP contribution >= 0.6 is 11.8 Å². The maximum absolute atomic E-state index is 12.5. The molecular formula is C21H24N6O2S. The Hall–Kier alpha value is -2.91. The monoisotopic (exact) mass is 424 g/mol. The Morgan fingerprint density at radius 2 is 1.90 bits per heavy atom. The van der Waals surface area contributed by atoms with Crippen LogP contribution < -0.4 is 10.2 Å². The number of hydrogen-bond acceptors (Lipinski definition) is 8. The second-order valence-corrected chi connectivity index (χ2v) is 7.79. The summed E-state index contributed by atoms with van der Waals surface area (Å²) < 4.78 is 5.60. The standard InChI is InChI=1S/C21H24N6O2S/c1-2-26-11-13-27(14-12-26)18-9-4-3-7-16(18)23-19(28)15-30-21-25-24-20(29-21)17-8-5-6-10-22-17/h3-10H,2,11-15H2,1H3,(H,23,28). The van der Waals surface area contributed by atoms with Crippen LogP contribution in [0, 0.1) is 0 Å². The number of carbonyl (C=O) groups is 1. The molecule has 0 atom stereocenters. The van der Waals surface area contributed by atoms with Crippen molar-refractivity contribution in [3.63, 3.8) is 0 Å². The number of pyridine rings is 1. The van der Waals surface area contributed by atoms with E-state index in [0.717, 1.165) is 44.1 Å². The number of rotatable bonds is 7. The second kappa shape index (κ2) is 9.73. The van der Waals surface area contributed by atoms with E-state index in [2.05, 4.69) is 43.3 Å². The van der Waals surface area contributed by atoms with E-state index in [0.29, 0.717) is 16.8 Å². The van der Waals surface area contributed by atoms with Crippen LogP contribution in [0.5, 0.6) is 0 Å². The third kappa shape index (κ3) is 4.98. The molecule has 1 amide bonds. The van der Waals surface area contributed by atoms with Crippen LogP contribution in [0.3, 0.4) is 0 Å². The van der Waals surface area contributed by atoms with E-state index in [9.17, 15) is 4.79 Å². The Labute approximate surface area is 179 Å². The van der Waals surface area contributed by atoms with Crippen molar-refractivity contribution in [1.29, 1.82) is 0 Å². The molecule has 0 aliphatic carbocycles. The highest BCUT2D eigenvalue weighted by Crippen LogP contribution is 2.27. The third-order valence-electron chi connectivity index (χ3n) is 4.96. The average Bonchev–Trinajstić information content (AvgIpc) is 3.28. The molecule has 156 valence electrons. The summed E-state index contributed by atoms with van der Waals surface area (Å²) in [7, 11) is 0. The van der Waals surface area contributed by atoms with E-state index in [1.54, 1.807) is 12.3 Å². The number of likely N-dealkylation sites (N-methyl/N-ethyl adjacent to an activating group) is 1. The van der Waals surface area contributed by atoms with Gasteiger partial charge in [-0.3, -0.25) is 9.78 Å². The fourth-order valence-corrected chi connectivity index (χ4v) is 3.90. The lowest BCUT2D eigenvalue weighted by Gasteiger charge is -2.36. The Morgan fingerprint density at radius 1 is 1.10 bits per heavy atom. The van der Waals surface area contributed by atoms with Crippen molar-refractivity contribution in [2.75, 3.05) is 48.7 Å². The summed E-state index contributed by atoms with van der Waals surface area (Å²) in [5.41, 5.74) is 2.49. The summed E-state index contributed by atoms with van der Waals surface area (Å²) in [6.07, 6.45) is 1.67. The topological polar surface area (TPSA) is 87.4 Å². The van der Waals surface area contributed by atoms with E-state index in [1.807, 2.05) is 30.3 Å². The van der Waals surface area contributed by atoms with Crippen LogP contribution in [-0.4, -0.2) is 64.5 Å². The number of carbonyl (C=O) groups excluding carboxylic acids is 1. The number of hydrogen-bond donors (Lipinski definition) is 1. The Kier molecular flexibility index (Phi) is 6.60. The van der Waals surface area contributed by atoms with Crippen molar-refractivity contribution in [1.82, 2.24) is 20.1 Å². The molecule has 30 heavy (non-hydrogen) atoms. The fraction of sp³-hybridized carbons (Fsp3) is 0.333.